The van der Waals surface area contributed by atoms with E-state index < -0.39 is 18.8 Å². The van der Waals surface area contributed by atoms with E-state index in [4.69, 9.17) is 10.2 Å². The summed E-state index contributed by atoms with van der Waals surface area (Å²) in [7, 11) is -2.49. The quantitative estimate of drug-likeness (QED) is 0.205. The van der Waals surface area contributed by atoms with E-state index in [9.17, 15) is 9.59 Å². The Kier molecular flexibility index (Phi) is 6.66. The molecule has 0 radical (unpaired) electrons. The van der Waals surface area contributed by atoms with Crippen LogP contribution in [0.1, 0.15) is 10.4 Å². The van der Waals surface area contributed by atoms with Gasteiger partial charge in [0.15, 0.2) is 0 Å². The van der Waals surface area contributed by atoms with Gasteiger partial charge in [-0.15, -0.1) is 0 Å². The van der Waals surface area contributed by atoms with Crippen molar-refractivity contribution in [2.24, 2.45) is 0 Å². The number of hydrogen-bond acceptors (Lipinski definition) is 4. The van der Waals surface area contributed by atoms with Crippen LogP contribution in [0.15, 0.2) is 124 Å². The molecule has 0 atom stereocenters. The van der Waals surface area contributed by atoms with Gasteiger partial charge in [0, 0.05) is 0 Å². The topological polar surface area (TPSA) is 85.3 Å². The standard InChI is InChI=1S/C30H27N2O3P/c31-23-17-16-22-20-27(30(34)35-28(22)21-23)29(33)32-18-19-36(24-10-4-1-5-11-24,25-12-6-2-7-13-25)26-14-8-3-9-15-26/h1-17,20-21,36H,18-19,31H2,(H,32,33). The molecule has 1 aromatic heterocycles. The number of fused-ring (bicyclic) bond motifs is 1. The van der Waals surface area contributed by atoms with E-state index in [0.29, 0.717) is 23.2 Å². The summed E-state index contributed by atoms with van der Waals surface area (Å²) in [5.74, 6) is -0.445. The molecule has 0 unspecified atom stereocenters. The molecule has 0 fully saturated rings. The first-order valence-corrected chi connectivity index (χ1v) is 14.1. The molecule has 0 saturated heterocycles. The summed E-state index contributed by atoms with van der Waals surface area (Å²) in [6.45, 7) is 0.406. The molecule has 5 nitrogen and oxygen atoms in total. The molecule has 0 spiro atoms. The van der Waals surface area contributed by atoms with Crippen LogP contribution >= 0.6 is 7.26 Å². The fraction of sp³-hybridized carbons (Fsp3) is 0.0667. The maximum absolute atomic E-state index is 13.1. The van der Waals surface area contributed by atoms with Crippen molar-refractivity contribution in [2.75, 3.05) is 18.4 Å². The Morgan fingerprint density at radius 1 is 0.750 bits per heavy atom. The second kappa shape index (κ2) is 10.2. The van der Waals surface area contributed by atoms with Gasteiger partial charge in [-0.2, -0.15) is 0 Å². The van der Waals surface area contributed by atoms with Crippen molar-refractivity contribution in [1.29, 1.82) is 0 Å². The molecule has 36 heavy (non-hydrogen) atoms. The van der Waals surface area contributed by atoms with Gasteiger partial charge in [-0.05, 0) is 0 Å². The molecule has 180 valence electrons. The van der Waals surface area contributed by atoms with Crippen molar-refractivity contribution in [2.45, 2.75) is 0 Å². The van der Waals surface area contributed by atoms with Gasteiger partial charge < -0.3 is 0 Å². The second-order valence-corrected chi connectivity index (χ2v) is 12.8. The number of benzene rings is 4. The Hall–Kier alpha value is -4.21. The summed E-state index contributed by atoms with van der Waals surface area (Å²) in [5.41, 5.74) is 5.95. The van der Waals surface area contributed by atoms with E-state index >= 15 is 0 Å². The van der Waals surface area contributed by atoms with Crippen molar-refractivity contribution in [3.05, 3.63) is 131 Å². The van der Waals surface area contributed by atoms with E-state index in [1.165, 1.54) is 15.9 Å². The van der Waals surface area contributed by atoms with Gasteiger partial charge >= 0.3 is 210 Å². The minimum absolute atomic E-state index is 0.0151. The summed E-state index contributed by atoms with van der Waals surface area (Å²) < 4.78 is 5.36. The molecule has 1 amide bonds. The van der Waals surface area contributed by atoms with Crippen molar-refractivity contribution >= 4 is 45.7 Å². The zero-order valence-electron chi connectivity index (χ0n) is 19.7. The van der Waals surface area contributed by atoms with Crippen molar-refractivity contribution in [3.63, 3.8) is 0 Å². The molecule has 5 aromatic rings. The van der Waals surface area contributed by atoms with Gasteiger partial charge in [-0.25, -0.2) is 0 Å². The Morgan fingerprint density at radius 3 is 1.81 bits per heavy atom. The first-order valence-electron chi connectivity index (χ1n) is 11.9. The molecule has 0 aliphatic heterocycles. The normalized spacial score (nSPS) is 11.8. The van der Waals surface area contributed by atoms with Crippen molar-refractivity contribution < 1.29 is 9.21 Å². The maximum atomic E-state index is 13.1. The Bertz CT molecular complexity index is 1460. The predicted octanol–water partition coefficient (Wildman–Crippen LogP) is 3.83. The number of amides is 1. The van der Waals surface area contributed by atoms with Crippen LogP contribution in [0.2, 0.25) is 0 Å². The van der Waals surface area contributed by atoms with Gasteiger partial charge in [0.1, 0.15) is 0 Å². The van der Waals surface area contributed by atoms with Crippen LogP contribution in [0.5, 0.6) is 0 Å². The summed E-state index contributed by atoms with van der Waals surface area (Å²) >= 11 is 0. The summed E-state index contributed by atoms with van der Waals surface area (Å²) in [6.07, 6.45) is 0.728. The Morgan fingerprint density at radius 2 is 1.28 bits per heavy atom. The molecule has 0 saturated carbocycles. The van der Waals surface area contributed by atoms with Gasteiger partial charge in [0.25, 0.3) is 0 Å². The number of carbonyl (C=O) groups excluding carboxylic acids is 1. The van der Waals surface area contributed by atoms with Crippen LogP contribution in [0.4, 0.5) is 5.69 Å². The number of nitrogens with one attached hydrogen (secondary N) is 1. The van der Waals surface area contributed by atoms with Crippen LogP contribution in [-0.4, -0.2) is 18.6 Å². The number of nitrogen functional groups attached to an aromatic ring is 1. The van der Waals surface area contributed by atoms with Crippen LogP contribution < -0.4 is 32.6 Å². The van der Waals surface area contributed by atoms with Crippen LogP contribution in [-0.2, 0) is 0 Å². The first-order chi connectivity index (χ1) is 17.6. The van der Waals surface area contributed by atoms with E-state index in [1.807, 2.05) is 18.2 Å². The van der Waals surface area contributed by atoms with Gasteiger partial charge in [0.05, 0.1) is 0 Å². The zero-order chi connectivity index (χ0) is 25.0. The molecule has 6 heteroatoms. The van der Waals surface area contributed by atoms with E-state index in [-0.39, 0.29) is 5.56 Å². The molecule has 3 N–H and O–H groups in total. The fourth-order valence-electron chi connectivity index (χ4n) is 4.85. The third-order valence-corrected chi connectivity index (χ3v) is 11.5. The van der Waals surface area contributed by atoms with Crippen molar-refractivity contribution in [1.82, 2.24) is 5.32 Å². The predicted molar refractivity (Wildman–Crippen MR) is 151 cm³/mol. The molecule has 0 aliphatic carbocycles. The summed E-state index contributed by atoms with van der Waals surface area (Å²) in [4.78, 5) is 25.6. The zero-order valence-corrected chi connectivity index (χ0v) is 20.7. The molecular formula is C30H27N2O3P. The Labute approximate surface area is 209 Å². The van der Waals surface area contributed by atoms with Crippen LogP contribution in [0.25, 0.3) is 11.0 Å². The molecule has 0 bridgehead atoms. The number of hydrogen-bond donors (Lipinski definition) is 2. The molecule has 4 aromatic carbocycles. The number of anilines is 1. The van der Waals surface area contributed by atoms with E-state index in [2.05, 4.69) is 78.1 Å². The van der Waals surface area contributed by atoms with E-state index in [0.717, 1.165) is 6.16 Å². The van der Waals surface area contributed by atoms with Gasteiger partial charge in [-0.1, -0.05) is 0 Å². The van der Waals surface area contributed by atoms with Gasteiger partial charge in [-0.3, -0.25) is 0 Å². The second-order valence-electron chi connectivity index (χ2n) is 8.75. The molecule has 5 rings (SSSR count). The van der Waals surface area contributed by atoms with Crippen LogP contribution in [0, 0.1) is 0 Å². The number of nitrogens with two attached hydrogens (primary N) is 1. The Balaban J connectivity index is 1.49. The first kappa shape index (κ1) is 23.5. The molecular weight excluding hydrogens is 467 g/mol. The van der Waals surface area contributed by atoms with Crippen molar-refractivity contribution in [3.8, 4) is 0 Å². The number of rotatable bonds is 7. The monoisotopic (exact) mass is 494 g/mol. The minimum atomic E-state index is -2.49. The van der Waals surface area contributed by atoms with Crippen LogP contribution in [0.3, 0.4) is 0 Å². The van der Waals surface area contributed by atoms with Gasteiger partial charge in [0.2, 0.25) is 0 Å². The average Bonchev–Trinajstić information content (AvgIpc) is 2.92. The third-order valence-electron chi connectivity index (χ3n) is 6.59. The number of carbonyl (C=O) groups is 1. The molecule has 1 heterocycles. The SMILES string of the molecule is Nc1ccc2cc(C(=O)NCC[PH](c3ccccc3)(c3ccccc3)c3ccccc3)c(=O)oc2c1. The fourth-order valence-corrected chi connectivity index (χ4v) is 9.50. The van der Waals surface area contributed by atoms with E-state index in [1.54, 1.807) is 24.3 Å². The average molecular weight is 495 g/mol. The summed E-state index contributed by atoms with van der Waals surface area (Å²) in [6, 6.07) is 38.1. The molecule has 0 aliphatic rings. The third kappa shape index (κ3) is 4.53. The summed E-state index contributed by atoms with van der Waals surface area (Å²) in [5, 5.41) is 7.43.